The van der Waals surface area contributed by atoms with Crippen LogP contribution in [0.15, 0.2) is 247 Å². The van der Waals surface area contributed by atoms with Crippen LogP contribution >= 0.6 is 0 Å². The van der Waals surface area contributed by atoms with E-state index in [4.69, 9.17) is 4.42 Å². The Labute approximate surface area is 379 Å². The highest BCUT2D eigenvalue weighted by Gasteiger charge is 2.47. The summed E-state index contributed by atoms with van der Waals surface area (Å²) in [7, 11) is 0. The first-order valence-corrected chi connectivity index (χ1v) is 22.6. The summed E-state index contributed by atoms with van der Waals surface area (Å²) < 4.78 is 6.63. The second-order valence-corrected chi connectivity index (χ2v) is 17.7. The van der Waals surface area contributed by atoms with Crippen LogP contribution in [0, 0.1) is 0 Å². The van der Waals surface area contributed by atoms with Crippen molar-refractivity contribution in [1.29, 1.82) is 0 Å². The number of para-hydroxylation sites is 2. The van der Waals surface area contributed by atoms with Gasteiger partial charge in [-0.25, -0.2) is 0 Å². The summed E-state index contributed by atoms with van der Waals surface area (Å²) in [4.78, 5) is 2.50. The standard InChI is InChI=1S/C63H43NO/c1-62(43-21-5-2-6-22-43)54-33-14-12-30-52(54)60-57(62)35-19-36-58(60)64(46-27-17-20-42(40-46)48-31-18-32-51-50-29-13-16-37-59(50)65-61(48)51)47-38-39-56-53(41-47)49-28-11-15-34-55(49)63(56,44-23-7-3-8-24-44)45-25-9-4-10-26-45/h2-41H,1H3. The average Bonchev–Trinajstić information content (AvgIpc) is 4.00. The van der Waals surface area contributed by atoms with E-state index in [1.807, 2.05) is 6.07 Å². The molecule has 1 aromatic heterocycles. The molecule has 13 rings (SSSR count). The molecule has 1 atom stereocenters. The molecule has 2 aliphatic rings. The van der Waals surface area contributed by atoms with E-state index in [1.165, 1.54) is 61.2 Å². The Kier molecular flexibility index (Phi) is 8.29. The second kappa shape index (κ2) is 14.4. The molecule has 0 amide bonds. The predicted molar refractivity (Wildman–Crippen MR) is 269 cm³/mol. The smallest absolute Gasteiger partial charge is 0.143 e. The normalized spacial score (nSPS) is 15.3. The Balaban J connectivity index is 1.08. The average molecular weight is 830 g/mol. The molecule has 2 aliphatic carbocycles. The third-order valence-corrected chi connectivity index (χ3v) is 14.4. The fourth-order valence-electron chi connectivity index (χ4n) is 11.6. The van der Waals surface area contributed by atoms with Crippen molar-refractivity contribution in [2.45, 2.75) is 17.8 Å². The van der Waals surface area contributed by atoms with Gasteiger partial charge >= 0.3 is 0 Å². The lowest BCUT2D eigenvalue weighted by Gasteiger charge is -2.34. The highest BCUT2D eigenvalue weighted by atomic mass is 16.3. The lowest BCUT2D eigenvalue weighted by molar-refractivity contribution is 0.670. The molecule has 0 saturated carbocycles. The van der Waals surface area contributed by atoms with E-state index in [0.717, 1.165) is 50.1 Å². The van der Waals surface area contributed by atoms with Gasteiger partial charge in [0.15, 0.2) is 0 Å². The first-order valence-electron chi connectivity index (χ1n) is 22.6. The van der Waals surface area contributed by atoms with Gasteiger partial charge in [-0.1, -0.05) is 206 Å². The van der Waals surface area contributed by atoms with Crippen molar-refractivity contribution in [2.24, 2.45) is 0 Å². The van der Waals surface area contributed by atoms with Crippen molar-refractivity contribution in [2.75, 3.05) is 4.90 Å². The van der Waals surface area contributed by atoms with Gasteiger partial charge in [0.2, 0.25) is 0 Å². The van der Waals surface area contributed by atoms with Gasteiger partial charge in [-0.05, 0) is 105 Å². The molecule has 65 heavy (non-hydrogen) atoms. The quantitative estimate of drug-likeness (QED) is 0.159. The Hall–Kier alpha value is -8.20. The maximum Gasteiger partial charge on any atom is 0.143 e. The maximum atomic E-state index is 6.63. The number of hydrogen-bond acceptors (Lipinski definition) is 2. The molecule has 0 N–H and O–H groups in total. The number of furan rings is 1. The van der Waals surface area contributed by atoms with Crippen molar-refractivity contribution in [3.63, 3.8) is 0 Å². The van der Waals surface area contributed by atoms with Crippen molar-refractivity contribution in [3.05, 3.63) is 282 Å². The number of fused-ring (bicyclic) bond motifs is 9. The summed E-state index contributed by atoms with van der Waals surface area (Å²) in [5.74, 6) is 0. The molecule has 2 heteroatoms. The Bertz CT molecular complexity index is 3580. The molecule has 306 valence electrons. The summed E-state index contributed by atoms with van der Waals surface area (Å²) in [5.41, 5.74) is 20.4. The Morgan fingerprint density at radius 3 is 1.69 bits per heavy atom. The topological polar surface area (TPSA) is 16.4 Å². The van der Waals surface area contributed by atoms with E-state index in [-0.39, 0.29) is 5.41 Å². The molecule has 0 saturated heterocycles. The summed E-state index contributed by atoms with van der Waals surface area (Å²) in [6.07, 6.45) is 0. The van der Waals surface area contributed by atoms with E-state index >= 15 is 0 Å². The van der Waals surface area contributed by atoms with Crippen LogP contribution in [-0.2, 0) is 10.8 Å². The lowest BCUT2D eigenvalue weighted by atomic mass is 9.68. The van der Waals surface area contributed by atoms with Gasteiger partial charge in [-0.2, -0.15) is 0 Å². The fourth-order valence-corrected chi connectivity index (χ4v) is 11.6. The number of nitrogens with zero attached hydrogens (tertiary/aromatic N) is 1. The van der Waals surface area contributed by atoms with Gasteiger partial charge in [0, 0.05) is 38.7 Å². The lowest BCUT2D eigenvalue weighted by Crippen LogP contribution is -2.28. The SMILES string of the molecule is CC1(c2ccccc2)c2ccccc2-c2c(N(c3cccc(-c4cccc5c4oc4ccccc45)c3)c3ccc4c(c3)-c3ccccc3C4(c3ccccc3)c3ccccc3)cccc21. The molecule has 10 aromatic carbocycles. The van der Waals surface area contributed by atoms with Crippen LogP contribution in [0.3, 0.4) is 0 Å². The summed E-state index contributed by atoms with van der Waals surface area (Å²) in [5, 5.41) is 2.25. The third-order valence-electron chi connectivity index (χ3n) is 14.4. The van der Waals surface area contributed by atoms with Crippen molar-refractivity contribution in [3.8, 4) is 33.4 Å². The second-order valence-electron chi connectivity index (χ2n) is 17.7. The van der Waals surface area contributed by atoms with Crippen molar-refractivity contribution >= 4 is 39.0 Å². The number of anilines is 3. The van der Waals surface area contributed by atoms with E-state index in [1.54, 1.807) is 0 Å². The zero-order valence-electron chi connectivity index (χ0n) is 35.9. The largest absolute Gasteiger partial charge is 0.455 e. The van der Waals surface area contributed by atoms with E-state index in [0.29, 0.717) is 0 Å². The molecule has 1 unspecified atom stereocenters. The molecule has 0 spiro atoms. The molecule has 0 bridgehead atoms. The van der Waals surface area contributed by atoms with E-state index < -0.39 is 5.41 Å². The molecule has 2 nitrogen and oxygen atoms in total. The van der Waals surface area contributed by atoms with Gasteiger partial charge in [0.25, 0.3) is 0 Å². The molecular weight excluding hydrogens is 787 g/mol. The van der Waals surface area contributed by atoms with E-state index in [2.05, 4.69) is 248 Å². The van der Waals surface area contributed by atoms with Crippen LogP contribution in [0.1, 0.15) is 45.9 Å². The minimum absolute atomic E-state index is 0.352. The van der Waals surface area contributed by atoms with Gasteiger partial charge in [0.05, 0.1) is 11.1 Å². The highest BCUT2D eigenvalue weighted by Crippen LogP contribution is 2.59. The van der Waals surface area contributed by atoms with E-state index in [9.17, 15) is 0 Å². The van der Waals surface area contributed by atoms with Gasteiger partial charge in [0.1, 0.15) is 11.2 Å². The molecule has 0 fully saturated rings. The monoisotopic (exact) mass is 829 g/mol. The molecule has 0 aliphatic heterocycles. The first kappa shape index (κ1) is 37.4. The molecule has 11 aromatic rings. The maximum absolute atomic E-state index is 6.63. The zero-order chi connectivity index (χ0) is 43.1. The number of benzene rings is 10. The Morgan fingerprint density at radius 2 is 0.923 bits per heavy atom. The van der Waals surface area contributed by atoms with Crippen LogP contribution in [0.4, 0.5) is 17.1 Å². The van der Waals surface area contributed by atoms with Gasteiger partial charge in [-0.3, -0.25) is 0 Å². The summed E-state index contributed by atoms with van der Waals surface area (Å²) in [6, 6.07) is 89.1. The van der Waals surface area contributed by atoms with Gasteiger partial charge in [-0.15, -0.1) is 0 Å². The zero-order valence-corrected chi connectivity index (χ0v) is 35.9. The summed E-state index contributed by atoms with van der Waals surface area (Å²) >= 11 is 0. The minimum Gasteiger partial charge on any atom is -0.455 e. The first-order chi connectivity index (χ1) is 32.1. The highest BCUT2D eigenvalue weighted by molar-refractivity contribution is 6.10. The third kappa shape index (κ3) is 5.35. The fraction of sp³-hybridized carbons (Fsp3) is 0.0476. The van der Waals surface area contributed by atoms with Crippen LogP contribution in [0.2, 0.25) is 0 Å². The minimum atomic E-state index is -0.493. The summed E-state index contributed by atoms with van der Waals surface area (Å²) in [6.45, 7) is 2.40. The van der Waals surface area contributed by atoms with Crippen LogP contribution < -0.4 is 4.90 Å². The number of hydrogen-bond donors (Lipinski definition) is 0. The van der Waals surface area contributed by atoms with Crippen molar-refractivity contribution in [1.82, 2.24) is 0 Å². The van der Waals surface area contributed by atoms with Crippen molar-refractivity contribution < 1.29 is 4.42 Å². The van der Waals surface area contributed by atoms with Crippen LogP contribution in [0.5, 0.6) is 0 Å². The predicted octanol–water partition coefficient (Wildman–Crippen LogP) is 16.4. The Morgan fingerprint density at radius 1 is 0.369 bits per heavy atom. The molecule has 1 heterocycles. The molecular formula is C63H43NO. The van der Waals surface area contributed by atoms with Crippen LogP contribution in [0.25, 0.3) is 55.3 Å². The molecule has 0 radical (unpaired) electrons. The van der Waals surface area contributed by atoms with Gasteiger partial charge < -0.3 is 9.32 Å². The number of rotatable bonds is 7. The van der Waals surface area contributed by atoms with Crippen LogP contribution in [-0.4, -0.2) is 0 Å².